The molecule has 2 amide bonds. The van der Waals surface area contributed by atoms with Gasteiger partial charge in [0.05, 0.1) is 17.0 Å². The quantitative estimate of drug-likeness (QED) is 0.836. The molecule has 3 N–H and O–H groups in total. The summed E-state index contributed by atoms with van der Waals surface area (Å²) in [6, 6.07) is 0. The number of fused-ring (bicyclic) bond motifs is 1. The Hall–Kier alpha value is -2.22. The van der Waals surface area contributed by atoms with Gasteiger partial charge in [-0.1, -0.05) is 18.0 Å². The van der Waals surface area contributed by atoms with Crippen molar-refractivity contribution < 1.29 is 14.1 Å². The molecule has 0 spiro atoms. The van der Waals surface area contributed by atoms with Crippen LogP contribution in [0.3, 0.4) is 0 Å². The lowest BCUT2D eigenvalue weighted by atomic mass is 9.88. The van der Waals surface area contributed by atoms with Crippen LogP contribution in [0.25, 0.3) is 10.6 Å². The maximum Gasteiger partial charge on any atom is 0.243 e. The van der Waals surface area contributed by atoms with E-state index in [1.165, 1.54) is 4.88 Å². The third-order valence-corrected chi connectivity index (χ3v) is 7.02. The molecule has 8 heteroatoms. The molecule has 1 saturated carbocycles. The van der Waals surface area contributed by atoms with Crippen LogP contribution in [0.4, 0.5) is 0 Å². The third-order valence-electron chi connectivity index (χ3n) is 5.85. The van der Waals surface area contributed by atoms with E-state index in [2.05, 4.69) is 10.5 Å². The Bertz CT molecular complexity index is 875. The third kappa shape index (κ3) is 3.16. The van der Waals surface area contributed by atoms with Gasteiger partial charge in [-0.15, -0.1) is 11.3 Å². The molecule has 2 aromatic rings. The molecule has 27 heavy (non-hydrogen) atoms. The van der Waals surface area contributed by atoms with Crippen molar-refractivity contribution in [3.8, 4) is 10.6 Å². The highest BCUT2D eigenvalue weighted by Gasteiger charge is 2.42. The first kappa shape index (κ1) is 18.2. The number of hydrogen-bond donors (Lipinski definition) is 2. The smallest absolute Gasteiger partial charge is 0.243 e. The van der Waals surface area contributed by atoms with E-state index in [1.807, 2.05) is 13.8 Å². The number of carbonyl (C=O) groups is 2. The van der Waals surface area contributed by atoms with E-state index in [0.29, 0.717) is 19.3 Å². The Morgan fingerprint density at radius 3 is 2.67 bits per heavy atom. The van der Waals surface area contributed by atoms with Crippen molar-refractivity contribution in [2.24, 2.45) is 11.7 Å². The SMILES string of the molecule is Cc1noc(C)c1-c1nc2c(s1)CCC(C(=O)NC1(C(N)=O)CCCC1)C2. The molecule has 144 valence electrons. The fraction of sp³-hybridized carbons (Fsp3) is 0.579. The number of amides is 2. The molecule has 4 rings (SSSR count). The summed E-state index contributed by atoms with van der Waals surface area (Å²) in [7, 11) is 0. The van der Waals surface area contributed by atoms with Gasteiger partial charge < -0.3 is 15.6 Å². The zero-order chi connectivity index (χ0) is 19.2. The summed E-state index contributed by atoms with van der Waals surface area (Å²) in [4.78, 5) is 30.8. The molecule has 7 nitrogen and oxygen atoms in total. The van der Waals surface area contributed by atoms with Crippen LogP contribution in [-0.2, 0) is 22.4 Å². The number of hydrogen-bond acceptors (Lipinski definition) is 6. The molecule has 1 atom stereocenters. The van der Waals surface area contributed by atoms with Gasteiger partial charge in [0.25, 0.3) is 0 Å². The number of thiazole rings is 1. The van der Waals surface area contributed by atoms with Crippen molar-refractivity contribution in [1.29, 1.82) is 0 Å². The van der Waals surface area contributed by atoms with Crippen LogP contribution in [0, 0.1) is 19.8 Å². The molecular formula is C19H24N4O3S. The lowest BCUT2D eigenvalue weighted by Gasteiger charge is -2.30. The van der Waals surface area contributed by atoms with Crippen LogP contribution >= 0.6 is 11.3 Å². The molecule has 2 aliphatic rings. The number of nitrogens with zero attached hydrogens (tertiary/aromatic N) is 2. The van der Waals surface area contributed by atoms with Crippen LogP contribution in [0.5, 0.6) is 0 Å². The van der Waals surface area contributed by atoms with Crippen LogP contribution < -0.4 is 11.1 Å². The number of nitrogens with one attached hydrogen (secondary N) is 1. The van der Waals surface area contributed by atoms with Gasteiger partial charge in [0.2, 0.25) is 11.8 Å². The minimum atomic E-state index is -0.860. The minimum absolute atomic E-state index is 0.0757. The van der Waals surface area contributed by atoms with Gasteiger partial charge in [0.1, 0.15) is 16.3 Å². The van der Waals surface area contributed by atoms with Crippen molar-refractivity contribution in [3.63, 3.8) is 0 Å². The Morgan fingerprint density at radius 1 is 1.30 bits per heavy atom. The first-order chi connectivity index (χ1) is 12.9. The lowest BCUT2D eigenvalue weighted by Crippen LogP contribution is -2.57. The van der Waals surface area contributed by atoms with Gasteiger partial charge in [-0.3, -0.25) is 9.59 Å². The minimum Gasteiger partial charge on any atom is -0.368 e. The Labute approximate surface area is 161 Å². The highest BCUT2D eigenvalue weighted by molar-refractivity contribution is 7.15. The van der Waals surface area contributed by atoms with Crippen molar-refractivity contribution in [2.45, 2.75) is 64.3 Å². The first-order valence-corrected chi connectivity index (χ1v) is 10.2. The summed E-state index contributed by atoms with van der Waals surface area (Å²) in [5.74, 6) is 0.0962. The number of aryl methyl sites for hydroxylation is 3. The number of primary amides is 1. The second kappa shape index (κ2) is 6.74. The lowest BCUT2D eigenvalue weighted by molar-refractivity contribution is -0.133. The summed E-state index contributed by atoms with van der Waals surface area (Å²) in [5.41, 5.74) is 7.49. The van der Waals surface area contributed by atoms with E-state index in [1.54, 1.807) is 11.3 Å². The van der Waals surface area contributed by atoms with Gasteiger partial charge in [-0.05, 0) is 39.5 Å². The van der Waals surface area contributed by atoms with E-state index < -0.39 is 11.4 Å². The standard InChI is InChI=1S/C19H24N4O3S/c1-10-15(11(2)26-23-10)17-21-13-9-12(5-6-14(13)27-17)16(24)22-19(18(20)25)7-3-4-8-19/h12H,3-9H2,1-2H3,(H2,20,25)(H,22,24). The summed E-state index contributed by atoms with van der Waals surface area (Å²) < 4.78 is 5.26. The summed E-state index contributed by atoms with van der Waals surface area (Å²) in [5, 5.41) is 7.89. The Balaban J connectivity index is 1.52. The van der Waals surface area contributed by atoms with Crippen LogP contribution in [0.15, 0.2) is 4.52 Å². The Kier molecular flexibility index (Phi) is 4.53. The van der Waals surface area contributed by atoms with Crippen LogP contribution in [0.1, 0.15) is 54.1 Å². The van der Waals surface area contributed by atoms with Crippen molar-refractivity contribution in [3.05, 3.63) is 22.0 Å². The molecule has 0 bridgehead atoms. The topological polar surface area (TPSA) is 111 Å². The number of carbonyl (C=O) groups excluding carboxylic acids is 2. The molecular weight excluding hydrogens is 364 g/mol. The molecule has 0 aromatic carbocycles. The average Bonchev–Trinajstić information content (AvgIpc) is 3.33. The summed E-state index contributed by atoms with van der Waals surface area (Å²) in [6.07, 6.45) is 5.29. The number of aromatic nitrogens is 2. The molecule has 0 radical (unpaired) electrons. The second-order valence-electron chi connectivity index (χ2n) is 7.67. The average molecular weight is 388 g/mol. The van der Waals surface area contributed by atoms with Gasteiger partial charge >= 0.3 is 0 Å². The van der Waals surface area contributed by atoms with E-state index in [0.717, 1.165) is 53.4 Å². The molecule has 0 aliphatic heterocycles. The zero-order valence-electron chi connectivity index (χ0n) is 15.6. The van der Waals surface area contributed by atoms with Gasteiger partial charge in [-0.25, -0.2) is 4.98 Å². The normalized spacial score (nSPS) is 21.0. The fourth-order valence-corrected chi connectivity index (χ4v) is 5.50. The van der Waals surface area contributed by atoms with Gasteiger partial charge in [-0.2, -0.15) is 0 Å². The maximum atomic E-state index is 12.8. The largest absolute Gasteiger partial charge is 0.368 e. The maximum absolute atomic E-state index is 12.8. The first-order valence-electron chi connectivity index (χ1n) is 9.43. The number of nitrogens with two attached hydrogens (primary N) is 1. The molecule has 2 heterocycles. The molecule has 0 saturated heterocycles. The van der Waals surface area contributed by atoms with E-state index in [9.17, 15) is 9.59 Å². The highest BCUT2D eigenvalue weighted by atomic mass is 32.1. The van der Waals surface area contributed by atoms with Crippen molar-refractivity contribution in [1.82, 2.24) is 15.5 Å². The van der Waals surface area contributed by atoms with Crippen molar-refractivity contribution in [2.75, 3.05) is 0 Å². The summed E-state index contributed by atoms with van der Waals surface area (Å²) >= 11 is 1.66. The predicted octanol–water partition coefficient (Wildman–Crippen LogP) is 2.43. The monoisotopic (exact) mass is 388 g/mol. The molecule has 2 aliphatic carbocycles. The van der Waals surface area contributed by atoms with E-state index in [-0.39, 0.29) is 11.8 Å². The second-order valence-corrected chi connectivity index (χ2v) is 8.75. The molecule has 2 aromatic heterocycles. The molecule has 1 fully saturated rings. The number of rotatable bonds is 4. The predicted molar refractivity (Wildman–Crippen MR) is 101 cm³/mol. The zero-order valence-corrected chi connectivity index (χ0v) is 16.4. The fourth-order valence-electron chi connectivity index (χ4n) is 4.25. The highest BCUT2D eigenvalue weighted by Crippen LogP contribution is 2.37. The Morgan fingerprint density at radius 2 is 2.04 bits per heavy atom. The van der Waals surface area contributed by atoms with Crippen molar-refractivity contribution >= 4 is 23.2 Å². The summed E-state index contributed by atoms with van der Waals surface area (Å²) in [6.45, 7) is 3.80. The van der Waals surface area contributed by atoms with Crippen LogP contribution in [-0.4, -0.2) is 27.5 Å². The van der Waals surface area contributed by atoms with E-state index >= 15 is 0 Å². The van der Waals surface area contributed by atoms with E-state index in [4.69, 9.17) is 15.2 Å². The van der Waals surface area contributed by atoms with Crippen LogP contribution in [0.2, 0.25) is 0 Å². The molecule has 1 unspecified atom stereocenters. The van der Waals surface area contributed by atoms with Gasteiger partial charge in [0, 0.05) is 17.2 Å². The van der Waals surface area contributed by atoms with Gasteiger partial charge in [0.15, 0.2) is 0 Å².